The van der Waals surface area contributed by atoms with Gasteiger partial charge in [-0.15, -0.1) is 0 Å². The van der Waals surface area contributed by atoms with Crippen LogP contribution in [0.3, 0.4) is 0 Å². The number of hydrogen-bond acceptors (Lipinski definition) is 2. The van der Waals surface area contributed by atoms with Crippen LogP contribution in [0, 0.1) is 12.3 Å². The third-order valence-electron chi connectivity index (χ3n) is 4.37. The van der Waals surface area contributed by atoms with Gasteiger partial charge in [-0.1, -0.05) is 24.6 Å². The van der Waals surface area contributed by atoms with Gasteiger partial charge in [0.1, 0.15) is 0 Å². The number of benzene rings is 1. The van der Waals surface area contributed by atoms with Crippen molar-refractivity contribution in [1.29, 1.82) is 0 Å². The zero-order valence-electron chi connectivity index (χ0n) is 12.3. The molecule has 19 heavy (non-hydrogen) atoms. The van der Waals surface area contributed by atoms with Gasteiger partial charge < -0.3 is 10.2 Å². The molecule has 0 radical (unpaired) electrons. The average Bonchev–Trinajstić information content (AvgIpc) is 2.36. The van der Waals surface area contributed by atoms with E-state index in [1.165, 1.54) is 37.1 Å². The van der Waals surface area contributed by atoms with Crippen molar-refractivity contribution >= 4 is 11.6 Å². The van der Waals surface area contributed by atoms with Gasteiger partial charge in [0.2, 0.25) is 0 Å². The number of nitrogens with zero attached hydrogens (tertiary/aromatic N) is 1. The van der Waals surface area contributed by atoms with E-state index in [0.717, 1.165) is 18.1 Å². The molecule has 1 aromatic rings. The summed E-state index contributed by atoms with van der Waals surface area (Å²) >= 11 is 5.98. The minimum absolute atomic E-state index is 0.451. The van der Waals surface area contributed by atoms with E-state index >= 15 is 0 Å². The van der Waals surface area contributed by atoms with E-state index in [4.69, 9.17) is 11.6 Å². The van der Waals surface area contributed by atoms with E-state index in [1.54, 1.807) is 0 Å². The van der Waals surface area contributed by atoms with Crippen LogP contribution in [0.5, 0.6) is 0 Å². The van der Waals surface area contributed by atoms with Gasteiger partial charge in [0.05, 0.1) is 0 Å². The molecular formula is C16H25ClN2. The van der Waals surface area contributed by atoms with Crippen molar-refractivity contribution in [3.05, 3.63) is 34.3 Å². The summed E-state index contributed by atoms with van der Waals surface area (Å²) < 4.78 is 0. The quantitative estimate of drug-likeness (QED) is 0.909. The third kappa shape index (κ3) is 4.20. The minimum Gasteiger partial charge on any atom is -0.312 e. The van der Waals surface area contributed by atoms with Crippen LogP contribution in [0.15, 0.2) is 18.2 Å². The molecule has 2 nitrogen and oxygen atoms in total. The van der Waals surface area contributed by atoms with Crippen molar-refractivity contribution in [2.45, 2.75) is 33.2 Å². The summed E-state index contributed by atoms with van der Waals surface area (Å²) in [5.74, 6) is 0. The Hall–Kier alpha value is -0.570. The molecule has 1 aromatic carbocycles. The molecule has 0 unspecified atom stereocenters. The molecule has 0 aromatic heterocycles. The van der Waals surface area contributed by atoms with Crippen LogP contribution in [0.4, 0.5) is 0 Å². The zero-order chi connectivity index (χ0) is 13.9. The van der Waals surface area contributed by atoms with Crippen molar-refractivity contribution in [1.82, 2.24) is 10.2 Å². The van der Waals surface area contributed by atoms with Crippen LogP contribution in [0.25, 0.3) is 0 Å². The fourth-order valence-corrected chi connectivity index (χ4v) is 2.92. The topological polar surface area (TPSA) is 15.3 Å². The number of nitrogens with one attached hydrogen (secondary N) is 1. The van der Waals surface area contributed by atoms with Gasteiger partial charge >= 0.3 is 0 Å². The molecule has 0 atom stereocenters. The lowest BCUT2D eigenvalue weighted by atomic mass is 9.80. The van der Waals surface area contributed by atoms with Crippen LogP contribution < -0.4 is 5.32 Å². The summed E-state index contributed by atoms with van der Waals surface area (Å²) in [5, 5.41) is 4.45. The van der Waals surface area contributed by atoms with Gasteiger partial charge in [0.15, 0.2) is 0 Å². The Bertz CT molecular complexity index is 423. The van der Waals surface area contributed by atoms with Crippen molar-refractivity contribution in [3.63, 3.8) is 0 Å². The Balaban J connectivity index is 1.83. The predicted molar refractivity (Wildman–Crippen MR) is 82.7 cm³/mol. The molecule has 0 bridgehead atoms. The maximum absolute atomic E-state index is 5.98. The lowest BCUT2D eigenvalue weighted by Crippen LogP contribution is -2.41. The van der Waals surface area contributed by atoms with E-state index in [2.05, 4.69) is 37.2 Å². The molecule has 1 aliphatic rings. The predicted octanol–water partition coefficient (Wildman–Crippen LogP) is 3.47. The molecule has 106 valence electrons. The summed E-state index contributed by atoms with van der Waals surface area (Å²) in [6.45, 7) is 9.01. The van der Waals surface area contributed by atoms with Crippen molar-refractivity contribution in [2.75, 3.05) is 26.7 Å². The first-order valence-corrected chi connectivity index (χ1v) is 7.51. The number of halogens is 1. The first-order chi connectivity index (χ1) is 8.98. The largest absolute Gasteiger partial charge is 0.312 e. The zero-order valence-corrected chi connectivity index (χ0v) is 13.1. The molecule has 1 saturated heterocycles. The minimum atomic E-state index is 0.451. The van der Waals surface area contributed by atoms with Crippen LogP contribution in [-0.4, -0.2) is 31.6 Å². The molecule has 0 aliphatic carbocycles. The smallest absolute Gasteiger partial charge is 0.0408 e. The lowest BCUT2D eigenvalue weighted by Gasteiger charge is -2.38. The molecular weight excluding hydrogens is 256 g/mol. The highest BCUT2D eigenvalue weighted by Crippen LogP contribution is 2.29. The third-order valence-corrected chi connectivity index (χ3v) is 4.60. The van der Waals surface area contributed by atoms with Crippen LogP contribution in [0.2, 0.25) is 5.02 Å². The molecule has 0 spiro atoms. The highest BCUT2D eigenvalue weighted by molar-refractivity contribution is 6.30. The first-order valence-electron chi connectivity index (χ1n) is 7.13. The van der Waals surface area contributed by atoms with Gasteiger partial charge in [-0.25, -0.2) is 0 Å². The molecule has 0 amide bonds. The SMILES string of the molecule is Cc1cc(Cl)ccc1CNCC1(C)CCN(C)CC1. The van der Waals surface area contributed by atoms with Gasteiger partial charge in [-0.05, 0) is 68.6 Å². The maximum Gasteiger partial charge on any atom is 0.0408 e. The normalized spacial score (nSPS) is 19.6. The van der Waals surface area contributed by atoms with Crippen LogP contribution in [0.1, 0.15) is 30.9 Å². The highest BCUT2D eigenvalue weighted by atomic mass is 35.5. The Morgan fingerprint density at radius 2 is 2.00 bits per heavy atom. The van der Waals surface area contributed by atoms with Gasteiger partial charge in [-0.3, -0.25) is 0 Å². The molecule has 1 aliphatic heterocycles. The number of rotatable bonds is 4. The summed E-state index contributed by atoms with van der Waals surface area (Å²) in [7, 11) is 2.21. The van der Waals surface area contributed by atoms with Crippen LogP contribution in [-0.2, 0) is 6.54 Å². The monoisotopic (exact) mass is 280 g/mol. The summed E-state index contributed by atoms with van der Waals surface area (Å²) in [4.78, 5) is 2.42. The summed E-state index contributed by atoms with van der Waals surface area (Å²) in [5.41, 5.74) is 3.07. The van der Waals surface area contributed by atoms with E-state index in [1.807, 2.05) is 12.1 Å². The van der Waals surface area contributed by atoms with Crippen LogP contribution >= 0.6 is 11.6 Å². The standard InChI is InChI=1S/C16H25ClN2/c1-13-10-15(17)5-4-14(13)11-18-12-16(2)6-8-19(3)9-7-16/h4-5,10,18H,6-9,11-12H2,1-3H3. The van der Waals surface area contributed by atoms with Gasteiger partial charge in [0, 0.05) is 18.1 Å². The Labute approximate surface area is 122 Å². The van der Waals surface area contributed by atoms with E-state index in [9.17, 15) is 0 Å². The van der Waals surface area contributed by atoms with E-state index in [-0.39, 0.29) is 0 Å². The molecule has 1 N–H and O–H groups in total. The molecule has 1 fully saturated rings. The second-order valence-corrected chi connectivity index (χ2v) is 6.72. The van der Waals surface area contributed by atoms with Gasteiger partial charge in [-0.2, -0.15) is 0 Å². The second-order valence-electron chi connectivity index (χ2n) is 6.29. The fourth-order valence-electron chi connectivity index (χ4n) is 2.69. The summed E-state index contributed by atoms with van der Waals surface area (Å²) in [6.07, 6.45) is 2.58. The molecule has 1 heterocycles. The number of aryl methyl sites for hydroxylation is 1. The first kappa shape index (κ1) is 14.8. The van der Waals surface area contributed by atoms with Crippen molar-refractivity contribution < 1.29 is 0 Å². The number of piperidine rings is 1. The lowest BCUT2D eigenvalue weighted by molar-refractivity contribution is 0.137. The summed E-state index contributed by atoms with van der Waals surface area (Å²) in [6, 6.07) is 6.14. The fraction of sp³-hybridized carbons (Fsp3) is 0.625. The molecule has 3 heteroatoms. The molecule has 0 saturated carbocycles. The Morgan fingerprint density at radius 3 is 2.63 bits per heavy atom. The number of likely N-dealkylation sites (tertiary alicyclic amines) is 1. The van der Waals surface area contributed by atoms with E-state index < -0.39 is 0 Å². The second kappa shape index (κ2) is 6.25. The highest BCUT2D eigenvalue weighted by Gasteiger charge is 2.28. The van der Waals surface area contributed by atoms with E-state index in [0.29, 0.717) is 5.41 Å². The molecule has 2 rings (SSSR count). The maximum atomic E-state index is 5.98. The average molecular weight is 281 g/mol. The Kier molecular flexibility index (Phi) is 4.88. The number of hydrogen-bond donors (Lipinski definition) is 1. The van der Waals surface area contributed by atoms with Crippen molar-refractivity contribution in [2.24, 2.45) is 5.41 Å². The van der Waals surface area contributed by atoms with Crippen molar-refractivity contribution in [3.8, 4) is 0 Å². The Morgan fingerprint density at radius 1 is 1.32 bits per heavy atom. The van der Waals surface area contributed by atoms with Gasteiger partial charge in [0.25, 0.3) is 0 Å².